The van der Waals surface area contributed by atoms with Crippen molar-refractivity contribution < 1.29 is 15.0 Å². The number of phenols is 2. The molecule has 108 valence electrons. The van der Waals surface area contributed by atoms with Gasteiger partial charge in [-0.25, -0.2) is 0 Å². The Morgan fingerprint density at radius 2 is 1.71 bits per heavy atom. The van der Waals surface area contributed by atoms with Crippen LogP contribution in [0.25, 0.3) is 0 Å². The molecule has 0 radical (unpaired) electrons. The highest BCUT2D eigenvalue weighted by Crippen LogP contribution is 2.23. The lowest BCUT2D eigenvalue weighted by atomic mass is 9.88. The highest BCUT2D eigenvalue weighted by Gasteiger charge is 2.20. The van der Waals surface area contributed by atoms with Crippen LogP contribution in [-0.4, -0.2) is 22.2 Å². The summed E-state index contributed by atoms with van der Waals surface area (Å²) in [6.45, 7) is 0. The molecule has 2 aromatic carbocycles. The van der Waals surface area contributed by atoms with E-state index in [1.54, 1.807) is 0 Å². The van der Waals surface area contributed by atoms with Crippen LogP contribution in [0.3, 0.4) is 0 Å². The maximum absolute atomic E-state index is 12.2. The molecule has 3 rings (SSSR count). The number of phenolic OH excluding ortho intramolecular Hbond substituents is 2. The summed E-state index contributed by atoms with van der Waals surface area (Å²) in [6.07, 6.45) is 2.66. The summed E-state index contributed by atoms with van der Waals surface area (Å²) in [5, 5.41) is 21.8. The average Bonchev–Trinajstić information content (AvgIpc) is 2.46. The second-order valence-corrected chi connectivity index (χ2v) is 5.42. The molecule has 0 fully saturated rings. The Labute approximate surface area is 123 Å². The first kappa shape index (κ1) is 13.5. The Morgan fingerprint density at radius 3 is 2.43 bits per heavy atom. The first-order valence-corrected chi connectivity index (χ1v) is 7.02. The van der Waals surface area contributed by atoms with Crippen molar-refractivity contribution >= 4 is 5.91 Å². The second-order valence-electron chi connectivity index (χ2n) is 5.42. The smallest absolute Gasteiger partial charge is 0.251 e. The quantitative estimate of drug-likeness (QED) is 0.792. The van der Waals surface area contributed by atoms with E-state index < -0.39 is 0 Å². The minimum Gasteiger partial charge on any atom is -0.508 e. The Bertz CT molecular complexity index is 661. The lowest BCUT2D eigenvalue weighted by molar-refractivity contribution is 0.0933. The zero-order chi connectivity index (χ0) is 14.8. The van der Waals surface area contributed by atoms with E-state index in [4.69, 9.17) is 0 Å². The number of aromatic hydroxyl groups is 2. The number of hydrogen-bond donors (Lipinski definition) is 3. The lowest BCUT2D eigenvalue weighted by Gasteiger charge is -2.25. The van der Waals surface area contributed by atoms with Crippen molar-refractivity contribution in [3.63, 3.8) is 0 Å². The van der Waals surface area contributed by atoms with Gasteiger partial charge in [0.2, 0.25) is 0 Å². The molecule has 21 heavy (non-hydrogen) atoms. The van der Waals surface area contributed by atoms with Crippen molar-refractivity contribution in [3.05, 3.63) is 59.2 Å². The molecular formula is C17H17NO3. The summed E-state index contributed by atoms with van der Waals surface area (Å²) in [4.78, 5) is 12.2. The van der Waals surface area contributed by atoms with Gasteiger partial charge in [0.15, 0.2) is 0 Å². The van der Waals surface area contributed by atoms with Crippen LogP contribution in [0.15, 0.2) is 42.5 Å². The van der Waals surface area contributed by atoms with Crippen LogP contribution in [-0.2, 0) is 12.8 Å². The summed E-state index contributed by atoms with van der Waals surface area (Å²) >= 11 is 0. The monoisotopic (exact) mass is 283 g/mol. The largest absolute Gasteiger partial charge is 0.508 e. The van der Waals surface area contributed by atoms with Gasteiger partial charge in [0.1, 0.15) is 11.5 Å². The number of aryl methyl sites for hydroxylation is 1. The van der Waals surface area contributed by atoms with Gasteiger partial charge in [0, 0.05) is 17.7 Å². The number of carbonyl (C=O) groups is 1. The van der Waals surface area contributed by atoms with E-state index >= 15 is 0 Å². The van der Waals surface area contributed by atoms with Gasteiger partial charge in [-0.2, -0.15) is 0 Å². The van der Waals surface area contributed by atoms with Crippen molar-refractivity contribution in [1.82, 2.24) is 5.32 Å². The predicted molar refractivity (Wildman–Crippen MR) is 79.5 cm³/mol. The van der Waals surface area contributed by atoms with Crippen molar-refractivity contribution in [2.45, 2.75) is 25.3 Å². The van der Waals surface area contributed by atoms with Gasteiger partial charge in [-0.1, -0.05) is 24.3 Å². The van der Waals surface area contributed by atoms with Gasteiger partial charge in [-0.05, 0) is 42.5 Å². The molecule has 0 spiro atoms. The molecule has 1 unspecified atom stereocenters. The molecule has 4 heteroatoms. The normalized spacial score (nSPS) is 17.0. The molecule has 0 heterocycles. The zero-order valence-corrected chi connectivity index (χ0v) is 11.5. The van der Waals surface area contributed by atoms with E-state index in [-0.39, 0.29) is 29.0 Å². The standard InChI is InChI=1S/C17H17NO3/c19-15-8-13(9-16(20)10-15)17(21)18-14-6-5-11-3-1-2-4-12(11)7-14/h1-4,8-10,14,19-20H,5-7H2,(H,18,21). The number of hydrogen-bond acceptors (Lipinski definition) is 3. The van der Waals surface area contributed by atoms with E-state index in [1.165, 1.54) is 29.3 Å². The molecule has 0 aromatic heterocycles. The van der Waals surface area contributed by atoms with E-state index in [9.17, 15) is 15.0 Å². The Morgan fingerprint density at radius 1 is 1.05 bits per heavy atom. The Kier molecular flexibility index (Phi) is 3.52. The molecule has 3 N–H and O–H groups in total. The predicted octanol–water partition coefficient (Wildman–Crippen LogP) is 2.39. The van der Waals surface area contributed by atoms with Gasteiger partial charge in [0.05, 0.1) is 0 Å². The number of benzene rings is 2. The van der Waals surface area contributed by atoms with Crippen LogP contribution in [0.4, 0.5) is 0 Å². The molecule has 0 saturated carbocycles. The third-order valence-corrected chi connectivity index (χ3v) is 3.85. The molecule has 1 aliphatic rings. The van der Waals surface area contributed by atoms with Crippen LogP contribution in [0.2, 0.25) is 0 Å². The van der Waals surface area contributed by atoms with Gasteiger partial charge >= 0.3 is 0 Å². The van der Waals surface area contributed by atoms with Crippen LogP contribution < -0.4 is 5.32 Å². The molecule has 0 bridgehead atoms. The minimum absolute atomic E-state index is 0.0805. The molecule has 1 atom stereocenters. The molecular weight excluding hydrogens is 266 g/mol. The summed E-state index contributed by atoms with van der Waals surface area (Å²) in [5.41, 5.74) is 2.89. The van der Waals surface area contributed by atoms with E-state index in [0.717, 1.165) is 19.3 Å². The summed E-state index contributed by atoms with van der Waals surface area (Å²) in [6, 6.07) is 12.3. The highest BCUT2D eigenvalue weighted by molar-refractivity contribution is 5.95. The summed E-state index contributed by atoms with van der Waals surface area (Å²) in [5.74, 6) is -0.506. The lowest BCUT2D eigenvalue weighted by Crippen LogP contribution is -2.38. The first-order valence-electron chi connectivity index (χ1n) is 7.02. The van der Waals surface area contributed by atoms with Gasteiger partial charge < -0.3 is 15.5 Å². The molecule has 0 saturated heterocycles. The third kappa shape index (κ3) is 2.99. The first-order chi connectivity index (χ1) is 10.1. The number of amides is 1. The van der Waals surface area contributed by atoms with Crippen LogP contribution in [0.1, 0.15) is 27.9 Å². The van der Waals surface area contributed by atoms with Gasteiger partial charge in [0.25, 0.3) is 5.91 Å². The maximum atomic E-state index is 12.2. The molecule has 0 aliphatic heterocycles. The van der Waals surface area contributed by atoms with Crippen LogP contribution in [0.5, 0.6) is 11.5 Å². The molecule has 1 amide bonds. The number of nitrogens with one attached hydrogen (secondary N) is 1. The van der Waals surface area contributed by atoms with E-state index in [0.29, 0.717) is 0 Å². The Hall–Kier alpha value is -2.49. The van der Waals surface area contributed by atoms with E-state index in [1.807, 2.05) is 12.1 Å². The second kappa shape index (κ2) is 5.48. The maximum Gasteiger partial charge on any atom is 0.251 e. The van der Waals surface area contributed by atoms with Gasteiger partial charge in [-0.15, -0.1) is 0 Å². The number of carbonyl (C=O) groups excluding carboxylic acids is 1. The van der Waals surface area contributed by atoms with E-state index in [2.05, 4.69) is 17.4 Å². The topological polar surface area (TPSA) is 69.6 Å². The van der Waals surface area contributed by atoms with Crippen molar-refractivity contribution in [2.24, 2.45) is 0 Å². The zero-order valence-electron chi connectivity index (χ0n) is 11.5. The van der Waals surface area contributed by atoms with Crippen LogP contribution in [0, 0.1) is 0 Å². The van der Waals surface area contributed by atoms with Crippen LogP contribution >= 0.6 is 0 Å². The Balaban J connectivity index is 1.71. The van der Waals surface area contributed by atoms with Crippen molar-refractivity contribution in [3.8, 4) is 11.5 Å². The highest BCUT2D eigenvalue weighted by atomic mass is 16.3. The fraction of sp³-hybridized carbons (Fsp3) is 0.235. The minimum atomic E-state index is -0.273. The summed E-state index contributed by atoms with van der Waals surface area (Å²) in [7, 11) is 0. The molecule has 2 aromatic rings. The number of rotatable bonds is 2. The third-order valence-electron chi connectivity index (χ3n) is 3.85. The van der Waals surface area contributed by atoms with Gasteiger partial charge in [-0.3, -0.25) is 4.79 Å². The average molecular weight is 283 g/mol. The fourth-order valence-corrected chi connectivity index (χ4v) is 2.82. The molecule has 4 nitrogen and oxygen atoms in total. The van der Waals surface area contributed by atoms with Crippen molar-refractivity contribution in [2.75, 3.05) is 0 Å². The summed E-state index contributed by atoms with van der Waals surface area (Å²) < 4.78 is 0. The number of fused-ring (bicyclic) bond motifs is 1. The molecule has 1 aliphatic carbocycles. The SMILES string of the molecule is O=C(NC1CCc2ccccc2C1)c1cc(O)cc(O)c1. The fourth-order valence-electron chi connectivity index (χ4n) is 2.82. The van der Waals surface area contributed by atoms with Crippen molar-refractivity contribution in [1.29, 1.82) is 0 Å².